The molecule has 0 saturated carbocycles. The van der Waals surface area contributed by atoms with E-state index < -0.39 is 0 Å². The topological polar surface area (TPSA) is 41.1 Å². The number of aryl methyl sites for hydroxylation is 1. The van der Waals surface area contributed by atoms with Crippen molar-refractivity contribution < 1.29 is 4.79 Å². The fraction of sp³-hybridized carbons (Fsp3) is 0.562. The number of nitrogens with one attached hydrogen (secondary N) is 2. The molecule has 1 amide bonds. The third kappa shape index (κ3) is 5.88. The highest BCUT2D eigenvalue weighted by Gasteiger charge is 2.09. The van der Waals surface area contributed by atoms with Crippen LogP contribution in [0.3, 0.4) is 0 Å². The molecule has 0 heterocycles. The molecule has 1 aromatic rings. The average molecular weight is 262 g/mol. The van der Waals surface area contributed by atoms with E-state index in [2.05, 4.69) is 50.5 Å². The van der Waals surface area contributed by atoms with Crippen molar-refractivity contribution in [1.82, 2.24) is 10.6 Å². The van der Waals surface area contributed by atoms with Crippen LogP contribution in [0.4, 0.5) is 0 Å². The van der Waals surface area contributed by atoms with Gasteiger partial charge in [-0.05, 0) is 37.3 Å². The molecule has 0 aromatic heterocycles. The van der Waals surface area contributed by atoms with Gasteiger partial charge < -0.3 is 10.6 Å². The molecule has 0 fully saturated rings. The molecule has 106 valence electrons. The van der Waals surface area contributed by atoms with E-state index >= 15 is 0 Å². The number of carbonyl (C=O) groups excluding carboxylic acids is 1. The fourth-order valence-corrected chi connectivity index (χ4v) is 1.99. The lowest BCUT2D eigenvalue weighted by Gasteiger charge is -2.16. The zero-order chi connectivity index (χ0) is 14.3. The van der Waals surface area contributed by atoms with Crippen molar-refractivity contribution in [3.8, 4) is 0 Å². The van der Waals surface area contributed by atoms with Gasteiger partial charge in [-0.15, -0.1) is 0 Å². The molecule has 0 aliphatic carbocycles. The van der Waals surface area contributed by atoms with Gasteiger partial charge >= 0.3 is 0 Å². The quantitative estimate of drug-likeness (QED) is 0.793. The van der Waals surface area contributed by atoms with Crippen LogP contribution >= 0.6 is 0 Å². The first-order chi connectivity index (χ1) is 9.00. The van der Waals surface area contributed by atoms with Gasteiger partial charge in [-0.3, -0.25) is 4.79 Å². The molecule has 3 heteroatoms. The molecule has 0 bridgehead atoms. The Balaban J connectivity index is 2.32. The first-order valence-corrected chi connectivity index (χ1v) is 7.06. The van der Waals surface area contributed by atoms with Gasteiger partial charge in [0.1, 0.15) is 0 Å². The lowest BCUT2D eigenvalue weighted by Crippen LogP contribution is -2.35. The van der Waals surface area contributed by atoms with Crippen LogP contribution in [0.5, 0.6) is 0 Å². The van der Waals surface area contributed by atoms with Crippen molar-refractivity contribution in [2.45, 2.75) is 40.2 Å². The van der Waals surface area contributed by atoms with Crippen molar-refractivity contribution >= 4 is 5.91 Å². The van der Waals surface area contributed by atoms with Crippen LogP contribution in [0.25, 0.3) is 0 Å². The van der Waals surface area contributed by atoms with E-state index in [0.717, 1.165) is 13.0 Å². The first kappa shape index (κ1) is 15.7. The number of carbonyl (C=O) groups is 1. The highest BCUT2D eigenvalue weighted by molar-refractivity contribution is 5.78. The number of hydrogen-bond acceptors (Lipinski definition) is 2. The number of hydrogen-bond donors (Lipinski definition) is 2. The van der Waals surface area contributed by atoms with Crippen LogP contribution in [0, 0.1) is 12.8 Å². The van der Waals surface area contributed by atoms with Gasteiger partial charge in [0.15, 0.2) is 0 Å². The van der Waals surface area contributed by atoms with Gasteiger partial charge in [0.05, 0.1) is 6.54 Å². The molecule has 1 aromatic carbocycles. The van der Waals surface area contributed by atoms with Gasteiger partial charge in [0.25, 0.3) is 0 Å². The second-order valence-corrected chi connectivity index (χ2v) is 5.49. The van der Waals surface area contributed by atoms with E-state index in [9.17, 15) is 4.79 Å². The van der Waals surface area contributed by atoms with Crippen molar-refractivity contribution in [2.24, 2.45) is 5.92 Å². The summed E-state index contributed by atoms with van der Waals surface area (Å²) in [4.78, 5) is 11.7. The number of benzene rings is 1. The van der Waals surface area contributed by atoms with E-state index in [1.807, 2.05) is 12.1 Å². The monoisotopic (exact) mass is 262 g/mol. The standard InChI is InChI=1S/C16H26N2O/c1-12(2)9-10-17-16(19)11-18-14(4)15-8-6-5-7-13(15)3/h5-8,12,14,18H,9-11H2,1-4H3,(H,17,19). The molecule has 2 N–H and O–H groups in total. The third-order valence-corrected chi connectivity index (χ3v) is 3.27. The Labute approximate surface area is 116 Å². The Bertz CT molecular complexity index is 401. The molecule has 19 heavy (non-hydrogen) atoms. The average Bonchev–Trinajstić information content (AvgIpc) is 2.36. The molecular weight excluding hydrogens is 236 g/mol. The molecule has 3 nitrogen and oxygen atoms in total. The Hall–Kier alpha value is -1.35. The summed E-state index contributed by atoms with van der Waals surface area (Å²) >= 11 is 0. The number of rotatable bonds is 7. The SMILES string of the molecule is Cc1ccccc1C(C)NCC(=O)NCCC(C)C. The third-order valence-electron chi connectivity index (χ3n) is 3.27. The fourth-order valence-electron chi connectivity index (χ4n) is 1.99. The van der Waals surface area contributed by atoms with Crippen molar-refractivity contribution in [3.05, 3.63) is 35.4 Å². The van der Waals surface area contributed by atoms with Gasteiger partial charge in [0, 0.05) is 12.6 Å². The van der Waals surface area contributed by atoms with E-state index in [1.54, 1.807) is 0 Å². The molecule has 1 rings (SSSR count). The molecule has 0 saturated heterocycles. The summed E-state index contributed by atoms with van der Waals surface area (Å²) in [7, 11) is 0. The molecule has 0 aliphatic heterocycles. The minimum atomic E-state index is 0.0704. The van der Waals surface area contributed by atoms with Crippen molar-refractivity contribution in [1.29, 1.82) is 0 Å². The first-order valence-electron chi connectivity index (χ1n) is 7.06. The largest absolute Gasteiger partial charge is 0.355 e. The van der Waals surface area contributed by atoms with Crippen LogP contribution in [0.2, 0.25) is 0 Å². The maximum Gasteiger partial charge on any atom is 0.233 e. The second-order valence-electron chi connectivity index (χ2n) is 5.49. The smallest absolute Gasteiger partial charge is 0.233 e. The zero-order valence-corrected chi connectivity index (χ0v) is 12.5. The Morgan fingerprint density at radius 3 is 2.53 bits per heavy atom. The molecule has 1 unspecified atom stereocenters. The summed E-state index contributed by atoms with van der Waals surface area (Å²) in [6, 6.07) is 8.45. The van der Waals surface area contributed by atoms with E-state index in [1.165, 1.54) is 11.1 Å². The maximum absolute atomic E-state index is 11.7. The van der Waals surface area contributed by atoms with Crippen LogP contribution in [-0.4, -0.2) is 19.0 Å². The predicted molar refractivity (Wildman–Crippen MR) is 80.1 cm³/mol. The van der Waals surface area contributed by atoms with Gasteiger partial charge in [-0.25, -0.2) is 0 Å². The summed E-state index contributed by atoms with van der Waals surface area (Å²) in [6.45, 7) is 9.62. The molecule has 0 spiro atoms. The summed E-state index contributed by atoms with van der Waals surface area (Å²) in [6.07, 6.45) is 1.03. The van der Waals surface area contributed by atoms with Crippen molar-refractivity contribution in [2.75, 3.05) is 13.1 Å². The summed E-state index contributed by atoms with van der Waals surface area (Å²) in [5.74, 6) is 0.695. The predicted octanol–water partition coefficient (Wildman–Crippen LogP) is 2.81. The summed E-state index contributed by atoms with van der Waals surface area (Å²) in [5, 5.41) is 6.20. The Kier molecular flexibility index (Phi) is 6.57. The van der Waals surface area contributed by atoms with Crippen molar-refractivity contribution in [3.63, 3.8) is 0 Å². The van der Waals surface area contributed by atoms with E-state index in [0.29, 0.717) is 12.5 Å². The van der Waals surface area contributed by atoms with E-state index in [4.69, 9.17) is 0 Å². The molecule has 1 atom stereocenters. The van der Waals surface area contributed by atoms with Gasteiger partial charge in [-0.2, -0.15) is 0 Å². The molecule has 0 radical (unpaired) electrons. The minimum absolute atomic E-state index is 0.0704. The molecule has 0 aliphatic rings. The zero-order valence-electron chi connectivity index (χ0n) is 12.5. The maximum atomic E-state index is 11.7. The second kappa shape index (κ2) is 7.95. The van der Waals surface area contributed by atoms with Gasteiger partial charge in [0.2, 0.25) is 5.91 Å². The van der Waals surface area contributed by atoms with Crippen LogP contribution in [0.15, 0.2) is 24.3 Å². The van der Waals surface area contributed by atoms with E-state index in [-0.39, 0.29) is 11.9 Å². The molecular formula is C16H26N2O. The highest BCUT2D eigenvalue weighted by Crippen LogP contribution is 2.15. The van der Waals surface area contributed by atoms with Gasteiger partial charge in [-0.1, -0.05) is 38.1 Å². The van der Waals surface area contributed by atoms with Crippen LogP contribution in [-0.2, 0) is 4.79 Å². The lowest BCUT2D eigenvalue weighted by molar-refractivity contribution is -0.120. The Morgan fingerprint density at radius 2 is 1.89 bits per heavy atom. The number of amides is 1. The van der Waals surface area contributed by atoms with Crippen LogP contribution in [0.1, 0.15) is 44.4 Å². The summed E-state index contributed by atoms with van der Waals surface area (Å²) in [5.41, 5.74) is 2.50. The summed E-state index contributed by atoms with van der Waals surface area (Å²) < 4.78 is 0. The minimum Gasteiger partial charge on any atom is -0.355 e. The van der Waals surface area contributed by atoms with Crippen LogP contribution < -0.4 is 10.6 Å². The normalized spacial score (nSPS) is 12.5. The highest BCUT2D eigenvalue weighted by atomic mass is 16.1. The Morgan fingerprint density at radius 1 is 1.21 bits per heavy atom. The lowest BCUT2D eigenvalue weighted by atomic mass is 10.0.